The first kappa shape index (κ1) is 13.5. The largest absolute Gasteiger partial charge is 0.250 e. The van der Waals surface area contributed by atoms with Gasteiger partial charge in [0.25, 0.3) is 0 Å². The number of pyridine rings is 1. The summed E-state index contributed by atoms with van der Waals surface area (Å²) in [6.07, 6.45) is 2.94. The lowest BCUT2D eigenvalue weighted by Crippen LogP contribution is -1.95. The lowest BCUT2D eigenvalue weighted by Gasteiger charge is -2.11. The zero-order valence-electron chi connectivity index (χ0n) is 9.74. The molecule has 3 rings (SSSR count). The van der Waals surface area contributed by atoms with Crippen LogP contribution in [0.5, 0.6) is 0 Å². The van der Waals surface area contributed by atoms with Crippen LogP contribution < -0.4 is 0 Å². The maximum Gasteiger partial charge on any atom is 0.181 e. The van der Waals surface area contributed by atoms with Crippen molar-refractivity contribution in [3.63, 3.8) is 0 Å². The van der Waals surface area contributed by atoms with E-state index in [9.17, 15) is 4.39 Å². The molecule has 1 aromatic carbocycles. The summed E-state index contributed by atoms with van der Waals surface area (Å²) in [5, 5.41) is 0.383. The van der Waals surface area contributed by atoms with Gasteiger partial charge in [-0.2, -0.15) is 0 Å². The van der Waals surface area contributed by atoms with Gasteiger partial charge in [-0.3, -0.25) is 0 Å². The number of hydrogen-bond donors (Lipinski definition) is 0. The average molecular weight is 329 g/mol. The average Bonchev–Trinajstić information content (AvgIpc) is 2.42. The Kier molecular flexibility index (Phi) is 3.46. The van der Waals surface area contributed by atoms with Crippen molar-refractivity contribution in [2.45, 2.75) is 0 Å². The molecule has 2 heterocycles. The fourth-order valence-electron chi connectivity index (χ4n) is 1.87. The molecule has 7 heteroatoms. The van der Waals surface area contributed by atoms with E-state index < -0.39 is 5.82 Å². The minimum atomic E-state index is -0.536. The van der Waals surface area contributed by atoms with Gasteiger partial charge in [0.1, 0.15) is 16.5 Å². The highest BCUT2D eigenvalue weighted by molar-refractivity contribution is 6.43. The van der Waals surface area contributed by atoms with Crippen molar-refractivity contribution in [3.05, 3.63) is 51.6 Å². The summed E-state index contributed by atoms with van der Waals surface area (Å²) in [6, 6.07) is 4.32. The van der Waals surface area contributed by atoms with Crippen molar-refractivity contribution in [2.24, 2.45) is 0 Å². The van der Waals surface area contributed by atoms with E-state index in [2.05, 4.69) is 15.0 Å². The molecule has 100 valence electrons. The van der Waals surface area contributed by atoms with Crippen molar-refractivity contribution in [3.8, 4) is 11.1 Å². The number of rotatable bonds is 1. The first-order valence-electron chi connectivity index (χ1n) is 5.49. The Bertz CT molecular complexity index is 803. The Balaban J connectivity index is 2.43. The van der Waals surface area contributed by atoms with E-state index in [1.165, 1.54) is 24.5 Å². The lowest BCUT2D eigenvalue weighted by molar-refractivity contribution is 0.631. The molecule has 2 aromatic heterocycles. The van der Waals surface area contributed by atoms with Crippen LogP contribution in [-0.4, -0.2) is 15.0 Å². The second-order valence-electron chi connectivity index (χ2n) is 3.92. The van der Waals surface area contributed by atoms with Crippen LogP contribution in [0.4, 0.5) is 4.39 Å². The smallest absolute Gasteiger partial charge is 0.181 e. The SMILES string of the molecule is Fc1cccc(Cl)c1-c1c(Cl)nc2nccnc2c1Cl. The molecule has 0 aliphatic carbocycles. The molecule has 0 saturated heterocycles. The van der Waals surface area contributed by atoms with Crippen LogP contribution in [-0.2, 0) is 0 Å². The topological polar surface area (TPSA) is 38.7 Å². The molecule has 0 atom stereocenters. The van der Waals surface area contributed by atoms with Gasteiger partial charge >= 0.3 is 0 Å². The Morgan fingerprint density at radius 1 is 0.950 bits per heavy atom. The number of nitrogens with zero attached hydrogens (tertiary/aromatic N) is 3. The third kappa shape index (κ3) is 2.10. The number of aromatic nitrogens is 3. The van der Waals surface area contributed by atoms with Crippen LogP contribution >= 0.6 is 34.8 Å². The first-order chi connectivity index (χ1) is 9.59. The summed E-state index contributed by atoms with van der Waals surface area (Å²) in [5.41, 5.74) is 0.945. The van der Waals surface area contributed by atoms with Gasteiger partial charge in [0.05, 0.1) is 10.0 Å². The molecule has 0 aliphatic heterocycles. The van der Waals surface area contributed by atoms with Crippen LogP contribution in [0.15, 0.2) is 30.6 Å². The second kappa shape index (κ2) is 5.13. The number of benzene rings is 1. The summed E-state index contributed by atoms with van der Waals surface area (Å²) in [6.45, 7) is 0. The first-order valence-corrected chi connectivity index (χ1v) is 6.63. The monoisotopic (exact) mass is 327 g/mol. The van der Waals surface area contributed by atoms with Crippen LogP contribution in [0.3, 0.4) is 0 Å². The van der Waals surface area contributed by atoms with Crippen LogP contribution in [0.25, 0.3) is 22.3 Å². The second-order valence-corrected chi connectivity index (χ2v) is 5.06. The molecule has 0 radical (unpaired) electrons. The Hall–Kier alpha value is -1.49. The molecule has 20 heavy (non-hydrogen) atoms. The Morgan fingerprint density at radius 3 is 2.45 bits per heavy atom. The van der Waals surface area contributed by atoms with Gasteiger partial charge in [-0.25, -0.2) is 19.3 Å². The van der Waals surface area contributed by atoms with Crippen molar-refractivity contribution >= 4 is 46.0 Å². The third-order valence-electron chi connectivity index (χ3n) is 2.73. The van der Waals surface area contributed by atoms with Gasteiger partial charge < -0.3 is 0 Å². The molecule has 0 N–H and O–H groups in total. The molecule has 0 unspecified atom stereocenters. The standard InChI is InChI=1S/C13H5Cl3FN3/c14-6-2-1-3-7(17)8(6)9-10(15)11-13(20-12(9)16)19-5-4-18-11/h1-5H. The quantitative estimate of drug-likeness (QED) is 0.603. The van der Waals surface area contributed by atoms with Crippen molar-refractivity contribution in [2.75, 3.05) is 0 Å². The molecule has 0 bridgehead atoms. The van der Waals surface area contributed by atoms with E-state index in [0.717, 1.165) is 0 Å². The van der Waals surface area contributed by atoms with E-state index in [4.69, 9.17) is 34.8 Å². The molecular weight excluding hydrogens is 324 g/mol. The third-order valence-corrected chi connectivity index (χ3v) is 3.69. The predicted octanol–water partition coefficient (Wildman–Crippen LogP) is 4.79. The van der Waals surface area contributed by atoms with Gasteiger partial charge in [-0.15, -0.1) is 0 Å². The van der Waals surface area contributed by atoms with E-state index in [1.807, 2.05) is 0 Å². The molecule has 0 saturated carbocycles. The van der Waals surface area contributed by atoms with E-state index in [0.29, 0.717) is 11.2 Å². The maximum atomic E-state index is 14.0. The van der Waals surface area contributed by atoms with Gasteiger partial charge in [0, 0.05) is 23.5 Å². The van der Waals surface area contributed by atoms with Crippen LogP contribution in [0.2, 0.25) is 15.2 Å². The predicted molar refractivity (Wildman–Crippen MR) is 77.8 cm³/mol. The normalized spacial score (nSPS) is 11.0. The maximum absolute atomic E-state index is 14.0. The summed E-state index contributed by atoms with van der Waals surface area (Å²) in [5.74, 6) is -0.536. The molecule has 0 aliphatic rings. The molecule has 3 aromatic rings. The van der Waals surface area contributed by atoms with Crippen LogP contribution in [0, 0.1) is 5.82 Å². The fraction of sp³-hybridized carbons (Fsp3) is 0. The zero-order valence-corrected chi connectivity index (χ0v) is 12.0. The minimum Gasteiger partial charge on any atom is -0.250 e. The Labute approximate surface area is 128 Å². The molecule has 0 amide bonds. The lowest BCUT2D eigenvalue weighted by atomic mass is 10.1. The van der Waals surface area contributed by atoms with Gasteiger partial charge in [-0.1, -0.05) is 40.9 Å². The summed E-state index contributed by atoms with van der Waals surface area (Å²) >= 11 is 18.4. The molecular formula is C13H5Cl3FN3. The van der Waals surface area contributed by atoms with E-state index in [-0.39, 0.29) is 26.3 Å². The summed E-state index contributed by atoms with van der Waals surface area (Å²) < 4.78 is 14.0. The minimum absolute atomic E-state index is 0.0231. The van der Waals surface area contributed by atoms with E-state index >= 15 is 0 Å². The van der Waals surface area contributed by atoms with Gasteiger partial charge in [0.15, 0.2) is 5.65 Å². The Morgan fingerprint density at radius 2 is 1.70 bits per heavy atom. The van der Waals surface area contributed by atoms with Crippen LogP contribution in [0.1, 0.15) is 0 Å². The zero-order chi connectivity index (χ0) is 14.3. The van der Waals surface area contributed by atoms with Crippen molar-refractivity contribution in [1.82, 2.24) is 15.0 Å². The number of fused-ring (bicyclic) bond motifs is 1. The fourth-order valence-corrected chi connectivity index (χ4v) is 2.77. The van der Waals surface area contributed by atoms with Crippen molar-refractivity contribution in [1.29, 1.82) is 0 Å². The highest BCUT2D eigenvalue weighted by atomic mass is 35.5. The summed E-state index contributed by atoms with van der Waals surface area (Å²) in [4.78, 5) is 12.2. The molecule has 3 nitrogen and oxygen atoms in total. The summed E-state index contributed by atoms with van der Waals surface area (Å²) in [7, 11) is 0. The molecule has 0 fully saturated rings. The number of halogens is 4. The van der Waals surface area contributed by atoms with Crippen molar-refractivity contribution < 1.29 is 4.39 Å². The highest BCUT2D eigenvalue weighted by Gasteiger charge is 2.20. The highest BCUT2D eigenvalue weighted by Crippen LogP contribution is 2.41. The number of hydrogen-bond acceptors (Lipinski definition) is 3. The van der Waals surface area contributed by atoms with Gasteiger partial charge in [-0.05, 0) is 12.1 Å². The van der Waals surface area contributed by atoms with E-state index in [1.54, 1.807) is 6.07 Å². The van der Waals surface area contributed by atoms with Gasteiger partial charge in [0.2, 0.25) is 0 Å². The molecule has 0 spiro atoms.